The monoisotopic (exact) mass is 279 g/mol. The van der Waals surface area contributed by atoms with Crippen LogP contribution in [0.2, 0.25) is 0 Å². The van der Waals surface area contributed by atoms with Crippen molar-refractivity contribution < 1.29 is 0 Å². The Balaban J connectivity index is 2.01. The average Bonchev–Trinajstić information content (AvgIpc) is 2.52. The summed E-state index contributed by atoms with van der Waals surface area (Å²) in [5.41, 5.74) is 1.32. The van der Waals surface area contributed by atoms with Crippen molar-refractivity contribution in [1.29, 1.82) is 0 Å². The molecule has 3 rings (SSSR count). The fraction of sp³-hybridized carbons (Fsp3) is 0.158. The molecule has 0 saturated heterocycles. The normalized spacial score (nSPS) is 18.9. The van der Waals surface area contributed by atoms with E-state index in [4.69, 9.17) is 0 Å². The molecule has 0 spiro atoms. The van der Waals surface area contributed by atoms with Crippen LogP contribution in [0.3, 0.4) is 0 Å². The third kappa shape index (κ3) is 2.88. The molecule has 2 unspecified atom stereocenters. The number of rotatable bonds is 3. The smallest absolute Gasteiger partial charge is 0.0792 e. The van der Waals surface area contributed by atoms with Crippen molar-refractivity contribution in [2.24, 2.45) is 0 Å². The van der Waals surface area contributed by atoms with Crippen LogP contribution in [0.15, 0.2) is 88.7 Å². The number of hydrogen-bond acceptors (Lipinski definition) is 0. The second-order valence-electron chi connectivity index (χ2n) is 5.05. The molecule has 0 aliphatic heterocycles. The van der Waals surface area contributed by atoms with Gasteiger partial charge in [0.15, 0.2) is 15.0 Å². The van der Waals surface area contributed by atoms with E-state index in [1.165, 1.54) is 15.4 Å². The molecule has 0 radical (unpaired) electrons. The second kappa shape index (κ2) is 6.15. The zero-order chi connectivity index (χ0) is 13.8. The summed E-state index contributed by atoms with van der Waals surface area (Å²) in [6.45, 7) is 2.15. The first-order chi connectivity index (χ1) is 9.84. The van der Waals surface area contributed by atoms with Crippen molar-refractivity contribution in [3.63, 3.8) is 0 Å². The SMILES string of the molecule is Cc1ccc([S+](c2ccccc2)C2C=CC=CC2)cc1. The molecule has 20 heavy (non-hydrogen) atoms. The summed E-state index contributed by atoms with van der Waals surface area (Å²) in [5.74, 6) is 0. The molecule has 0 nitrogen and oxygen atoms in total. The molecular formula is C19H19S+. The van der Waals surface area contributed by atoms with E-state index in [0.29, 0.717) is 5.25 Å². The lowest BCUT2D eigenvalue weighted by Gasteiger charge is -2.16. The van der Waals surface area contributed by atoms with Gasteiger partial charge in [-0.3, -0.25) is 0 Å². The minimum absolute atomic E-state index is 0.116. The molecule has 1 aliphatic carbocycles. The number of benzene rings is 2. The molecule has 0 aromatic heterocycles. The van der Waals surface area contributed by atoms with E-state index in [1.807, 2.05) is 0 Å². The Hall–Kier alpha value is -1.73. The van der Waals surface area contributed by atoms with Crippen LogP contribution in [0, 0.1) is 6.92 Å². The predicted octanol–water partition coefficient (Wildman–Crippen LogP) is 4.92. The van der Waals surface area contributed by atoms with Crippen LogP contribution in [0.5, 0.6) is 0 Å². The van der Waals surface area contributed by atoms with E-state index in [1.54, 1.807) is 0 Å². The number of hydrogen-bond donors (Lipinski definition) is 0. The molecule has 1 heteroatoms. The lowest BCUT2D eigenvalue weighted by atomic mass is 10.2. The Labute approximate surface area is 124 Å². The quantitative estimate of drug-likeness (QED) is 0.700. The van der Waals surface area contributed by atoms with E-state index >= 15 is 0 Å². The van der Waals surface area contributed by atoms with E-state index in [2.05, 4.69) is 85.8 Å². The van der Waals surface area contributed by atoms with Gasteiger partial charge in [-0.2, -0.15) is 0 Å². The van der Waals surface area contributed by atoms with Gasteiger partial charge < -0.3 is 0 Å². The van der Waals surface area contributed by atoms with Gasteiger partial charge in [0.1, 0.15) is 0 Å². The summed E-state index contributed by atoms with van der Waals surface area (Å²) in [5, 5.41) is 0.574. The van der Waals surface area contributed by atoms with Crippen LogP contribution in [0.4, 0.5) is 0 Å². The summed E-state index contributed by atoms with van der Waals surface area (Å²) in [4.78, 5) is 2.87. The van der Waals surface area contributed by atoms with Crippen molar-refractivity contribution in [1.82, 2.24) is 0 Å². The topological polar surface area (TPSA) is 0 Å². The largest absolute Gasteiger partial charge is 0.161 e. The second-order valence-corrected chi connectivity index (χ2v) is 7.27. The lowest BCUT2D eigenvalue weighted by Crippen LogP contribution is -2.20. The first-order valence-corrected chi connectivity index (χ1v) is 8.31. The van der Waals surface area contributed by atoms with E-state index < -0.39 is 0 Å². The Morgan fingerprint density at radius 3 is 2.20 bits per heavy atom. The summed E-state index contributed by atoms with van der Waals surface area (Å²) < 4.78 is 0. The Morgan fingerprint density at radius 2 is 1.55 bits per heavy atom. The zero-order valence-corrected chi connectivity index (χ0v) is 12.5. The third-order valence-corrected chi connectivity index (χ3v) is 6.03. The van der Waals surface area contributed by atoms with E-state index in [9.17, 15) is 0 Å². The van der Waals surface area contributed by atoms with Gasteiger partial charge in [0.25, 0.3) is 0 Å². The van der Waals surface area contributed by atoms with Crippen LogP contribution in [0.25, 0.3) is 0 Å². The molecule has 0 amide bonds. The van der Waals surface area contributed by atoms with Gasteiger partial charge in [-0.1, -0.05) is 54.1 Å². The molecule has 2 atom stereocenters. The van der Waals surface area contributed by atoms with Gasteiger partial charge in [-0.15, -0.1) is 0 Å². The fourth-order valence-corrected chi connectivity index (χ4v) is 4.87. The van der Waals surface area contributed by atoms with Crippen molar-refractivity contribution in [3.05, 3.63) is 84.5 Å². The molecule has 2 aromatic carbocycles. The van der Waals surface area contributed by atoms with Gasteiger partial charge in [-0.05, 0) is 37.3 Å². The highest BCUT2D eigenvalue weighted by Crippen LogP contribution is 2.31. The molecule has 100 valence electrons. The molecule has 0 saturated carbocycles. The zero-order valence-electron chi connectivity index (χ0n) is 11.7. The number of allylic oxidation sites excluding steroid dienone is 3. The summed E-state index contributed by atoms with van der Waals surface area (Å²) >= 11 is 0. The number of aryl methyl sites for hydroxylation is 1. The van der Waals surface area contributed by atoms with E-state index in [-0.39, 0.29) is 10.9 Å². The molecule has 2 aromatic rings. The van der Waals surface area contributed by atoms with Crippen LogP contribution >= 0.6 is 0 Å². The highest BCUT2D eigenvalue weighted by atomic mass is 32.2. The Bertz CT molecular complexity index is 608. The molecule has 0 N–H and O–H groups in total. The predicted molar refractivity (Wildman–Crippen MR) is 88.2 cm³/mol. The van der Waals surface area contributed by atoms with Gasteiger partial charge >= 0.3 is 0 Å². The van der Waals surface area contributed by atoms with Crippen molar-refractivity contribution >= 4 is 10.9 Å². The van der Waals surface area contributed by atoms with Crippen LogP contribution in [-0.2, 0) is 10.9 Å². The lowest BCUT2D eigenvalue weighted by molar-refractivity contribution is 1.03. The highest BCUT2D eigenvalue weighted by molar-refractivity contribution is 7.97. The average molecular weight is 279 g/mol. The summed E-state index contributed by atoms with van der Waals surface area (Å²) in [6.07, 6.45) is 10.1. The molecule has 0 heterocycles. The highest BCUT2D eigenvalue weighted by Gasteiger charge is 2.33. The minimum Gasteiger partial charge on any atom is -0.0792 e. The summed E-state index contributed by atoms with van der Waals surface area (Å²) in [7, 11) is 0.116. The Morgan fingerprint density at radius 1 is 0.850 bits per heavy atom. The van der Waals surface area contributed by atoms with Crippen molar-refractivity contribution in [3.8, 4) is 0 Å². The van der Waals surface area contributed by atoms with Gasteiger partial charge in [0.05, 0.1) is 10.9 Å². The maximum absolute atomic E-state index is 2.36. The van der Waals surface area contributed by atoms with Gasteiger partial charge in [-0.25, -0.2) is 0 Å². The maximum atomic E-state index is 2.36. The summed E-state index contributed by atoms with van der Waals surface area (Å²) in [6, 6.07) is 19.9. The van der Waals surface area contributed by atoms with Gasteiger partial charge in [0, 0.05) is 6.42 Å². The van der Waals surface area contributed by atoms with Crippen LogP contribution in [0.1, 0.15) is 12.0 Å². The van der Waals surface area contributed by atoms with Crippen molar-refractivity contribution in [2.75, 3.05) is 0 Å². The van der Waals surface area contributed by atoms with Crippen LogP contribution in [-0.4, -0.2) is 5.25 Å². The third-order valence-electron chi connectivity index (χ3n) is 3.52. The Kier molecular flexibility index (Phi) is 4.08. The van der Waals surface area contributed by atoms with E-state index in [0.717, 1.165) is 6.42 Å². The standard InChI is InChI=1S/C19H19S/c1-16-12-14-19(15-13-16)20(17-8-4-2-5-9-17)18-10-6-3-7-11-18/h2-10,12-15,18H,11H2,1H3/q+1. The van der Waals surface area contributed by atoms with Gasteiger partial charge in [0.2, 0.25) is 0 Å². The molecule has 0 fully saturated rings. The molecular weight excluding hydrogens is 260 g/mol. The maximum Gasteiger partial charge on any atom is 0.161 e. The minimum atomic E-state index is 0.116. The molecule has 0 bridgehead atoms. The van der Waals surface area contributed by atoms with Crippen LogP contribution < -0.4 is 0 Å². The molecule has 1 aliphatic rings. The fourth-order valence-electron chi connectivity index (χ4n) is 2.47. The first-order valence-electron chi connectivity index (χ1n) is 7.03. The van der Waals surface area contributed by atoms with Crippen molar-refractivity contribution in [2.45, 2.75) is 28.4 Å². The first kappa shape index (κ1) is 13.3.